The van der Waals surface area contributed by atoms with E-state index in [1.54, 1.807) is 7.05 Å². The van der Waals surface area contributed by atoms with Gasteiger partial charge in [0.25, 0.3) is 5.91 Å². The third-order valence-electron chi connectivity index (χ3n) is 4.63. The zero-order valence-corrected chi connectivity index (χ0v) is 21.9. The van der Waals surface area contributed by atoms with Crippen molar-refractivity contribution >= 4 is 35.8 Å². The SMILES string of the molecule is CCOc1ccc(C(C)NC(=NC)NCCNC(=O)c2cccc(C)c2)cc1OCC.I. The van der Waals surface area contributed by atoms with Crippen molar-refractivity contribution in [2.75, 3.05) is 33.4 Å². The number of amides is 1. The van der Waals surface area contributed by atoms with Crippen LogP contribution in [-0.4, -0.2) is 45.2 Å². The molecular weight excluding hydrogens is 519 g/mol. The average Bonchev–Trinajstić information content (AvgIpc) is 2.77. The first-order chi connectivity index (χ1) is 15.0. The second-order valence-corrected chi connectivity index (χ2v) is 7.06. The fourth-order valence-corrected chi connectivity index (χ4v) is 3.07. The highest BCUT2D eigenvalue weighted by atomic mass is 127. The van der Waals surface area contributed by atoms with Gasteiger partial charge in [-0.2, -0.15) is 0 Å². The van der Waals surface area contributed by atoms with Crippen molar-refractivity contribution in [2.24, 2.45) is 4.99 Å². The molecule has 0 bridgehead atoms. The Kier molecular flexibility index (Phi) is 12.5. The van der Waals surface area contributed by atoms with E-state index in [-0.39, 0.29) is 35.9 Å². The van der Waals surface area contributed by atoms with Crippen molar-refractivity contribution < 1.29 is 14.3 Å². The number of aliphatic imine (C=N–C) groups is 1. The summed E-state index contributed by atoms with van der Waals surface area (Å²) in [5.41, 5.74) is 2.78. The number of hydrogen-bond acceptors (Lipinski definition) is 4. The van der Waals surface area contributed by atoms with Gasteiger partial charge in [-0.15, -0.1) is 24.0 Å². The first kappa shape index (κ1) is 27.5. The van der Waals surface area contributed by atoms with Crippen LogP contribution in [0.25, 0.3) is 0 Å². The monoisotopic (exact) mass is 554 g/mol. The Balaban J connectivity index is 0.00000512. The minimum absolute atomic E-state index is 0. The molecule has 2 aromatic rings. The highest BCUT2D eigenvalue weighted by Gasteiger charge is 2.12. The molecule has 8 heteroatoms. The lowest BCUT2D eigenvalue weighted by Crippen LogP contribution is -2.42. The van der Waals surface area contributed by atoms with Crippen LogP contribution >= 0.6 is 24.0 Å². The van der Waals surface area contributed by atoms with Crippen molar-refractivity contribution in [3.05, 3.63) is 59.2 Å². The van der Waals surface area contributed by atoms with E-state index in [4.69, 9.17) is 9.47 Å². The average molecular weight is 554 g/mol. The van der Waals surface area contributed by atoms with Crippen molar-refractivity contribution in [3.63, 3.8) is 0 Å². The van der Waals surface area contributed by atoms with Crippen LogP contribution in [-0.2, 0) is 0 Å². The summed E-state index contributed by atoms with van der Waals surface area (Å²) >= 11 is 0. The van der Waals surface area contributed by atoms with Crippen LogP contribution in [0.4, 0.5) is 0 Å². The number of carbonyl (C=O) groups excluding carboxylic acids is 1. The fraction of sp³-hybridized carbons (Fsp3) is 0.417. The summed E-state index contributed by atoms with van der Waals surface area (Å²) in [6, 6.07) is 13.5. The number of guanidine groups is 1. The van der Waals surface area contributed by atoms with Gasteiger partial charge in [-0.25, -0.2) is 0 Å². The molecular formula is C24H35IN4O3. The van der Waals surface area contributed by atoms with Crippen LogP contribution in [0.2, 0.25) is 0 Å². The first-order valence-electron chi connectivity index (χ1n) is 10.7. The molecule has 7 nitrogen and oxygen atoms in total. The summed E-state index contributed by atoms with van der Waals surface area (Å²) in [4.78, 5) is 16.5. The van der Waals surface area contributed by atoms with Crippen LogP contribution in [0, 0.1) is 6.92 Å². The number of hydrogen-bond donors (Lipinski definition) is 3. The number of benzene rings is 2. The Labute approximate surface area is 208 Å². The lowest BCUT2D eigenvalue weighted by molar-refractivity contribution is 0.0954. The van der Waals surface area contributed by atoms with Gasteiger partial charge in [0.1, 0.15) is 0 Å². The van der Waals surface area contributed by atoms with E-state index < -0.39 is 0 Å². The van der Waals surface area contributed by atoms with Gasteiger partial charge in [0.05, 0.1) is 19.3 Å². The predicted molar refractivity (Wildman–Crippen MR) is 141 cm³/mol. The molecule has 0 heterocycles. The molecule has 1 amide bonds. The molecule has 0 aliphatic carbocycles. The van der Waals surface area contributed by atoms with Crippen molar-refractivity contribution in [2.45, 2.75) is 33.7 Å². The molecule has 0 aliphatic heterocycles. The topological polar surface area (TPSA) is 84.0 Å². The van der Waals surface area contributed by atoms with Crippen LogP contribution in [0.3, 0.4) is 0 Å². The number of aryl methyl sites for hydroxylation is 1. The van der Waals surface area contributed by atoms with Crippen LogP contribution in [0.5, 0.6) is 11.5 Å². The van der Waals surface area contributed by atoms with Gasteiger partial charge in [-0.1, -0.05) is 23.8 Å². The molecule has 0 spiro atoms. The van der Waals surface area contributed by atoms with Gasteiger partial charge in [-0.3, -0.25) is 9.79 Å². The second kappa shape index (κ2) is 14.5. The Morgan fingerprint density at radius 2 is 1.69 bits per heavy atom. The van der Waals surface area contributed by atoms with E-state index >= 15 is 0 Å². The van der Waals surface area contributed by atoms with Crippen LogP contribution < -0.4 is 25.4 Å². The Bertz CT molecular complexity index is 889. The second-order valence-electron chi connectivity index (χ2n) is 7.06. The zero-order chi connectivity index (χ0) is 22.6. The van der Waals surface area contributed by atoms with Crippen molar-refractivity contribution in [3.8, 4) is 11.5 Å². The van der Waals surface area contributed by atoms with Crippen molar-refractivity contribution in [1.29, 1.82) is 0 Å². The number of rotatable bonds is 10. The summed E-state index contributed by atoms with van der Waals surface area (Å²) in [6.07, 6.45) is 0. The standard InChI is InChI=1S/C24H34N4O3.HI/c1-6-30-21-12-11-19(16-22(21)31-7-2)18(4)28-24(25-5)27-14-13-26-23(29)20-10-8-9-17(3)15-20;/h8-12,15-16,18H,6-7,13-14H2,1-5H3,(H,26,29)(H2,25,27,28);1H. The number of halogens is 1. The van der Waals surface area contributed by atoms with Gasteiger partial charge < -0.3 is 25.4 Å². The van der Waals surface area contributed by atoms with Crippen molar-refractivity contribution in [1.82, 2.24) is 16.0 Å². The maximum absolute atomic E-state index is 12.2. The lowest BCUT2D eigenvalue weighted by atomic mass is 10.1. The summed E-state index contributed by atoms with van der Waals surface area (Å²) in [5, 5.41) is 9.50. The number of nitrogens with zero attached hydrogens (tertiary/aromatic N) is 1. The highest BCUT2D eigenvalue weighted by Crippen LogP contribution is 2.30. The van der Waals surface area contributed by atoms with Gasteiger partial charge in [0.2, 0.25) is 0 Å². The summed E-state index contributed by atoms with van der Waals surface area (Å²) in [5.74, 6) is 2.05. The molecule has 32 heavy (non-hydrogen) atoms. The lowest BCUT2D eigenvalue weighted by Gasteiger charge is -2.20. The van der Waals surface area contributed by atoms with Gasteiger partial charge >= 0.3 is 0 Å². The van der Waals surface area contributed by atoms with E-state index in [9.17, 15) is 4.79 Å². The third-order valence-corrected chi connectivity index (χ3v) is 4.63. The Hall–Kier alpha value is -2.49. The molecule has 176 valence electrons. The van der Waals surface area contributed by atoms with E-state index in [0.29, 0.717) is 37.8 Å². The molecule has 2 aromatic carbocycles. The predicted octanol–water partition coefficient (Wildman–Crippen LogP) is 4.07. The maximum Gasteiger partial charge on any atom is 0.251 e. The molecule has 1 atom stereocenters. The van der Waals surface area contributed by atoms with Gasteiger partial charge in [0.15, 0.2) is 17.5 Å². The Morgan fingerprint density at radius 1 is 1.00 bits per heavy atom. The fourth-order valence-electron chi connectivity index (χ4n) is 3.07. The molecule has 0 saturated carbocycles. The Morgan fingerprint density at radius 3 is 2.34 bits per heavy atom. The molecule has 0 saturated heterocycles. The van der Waals surface area contributed by atoms with E-state index in [0.717, 1.165) is 22.6 Å². The molecule has 2 rings (SSSR count). The van der Waals surface area contributed by atoms with E-state index in [2.05, 4.69) is 27.9 Å². The molecule has 1 unspecified atom stereocenters. The van der Waals surface area contributed by atoms with Gasteiger partial charge in [-0.05, 0) is 57.5 Å². The summed E-state index contributed by atoms with van der Waals surface area (Å²) < 4.78 is 11.4. The maximum atomic E-state index is 12.2. The highest BCUT2D eigenvalue weighted by molar-refractivity contribution is 14.0. The number of nitrogens with one attached hydrogen (secondary N) is 3. The quantitative estimate of drug-likeness (QED) is 0.179. The normalized spacial score (nSPS) is 11.7. The summed E-state index contributed by atoms with van der Waals surface area (Å²) in [6.45, 7) is 10.1. The minimum Gasteiger partial charge on any atom is -0.490 e. The molecule has 0 aromatic heterocycles. The van der Waals surface area contributed by atoms with E-state index in [1.807, 2.05) is 63.2 Å². The largest absolute Gasteiger partial charge is 0.490 e. The number of carbonyl (C=O) groups is 1. The molecule has 3 N–H and O–H groups in total. The smallest absolute Gasteiger partial charge is 0.251 e. The van der Waals surface area contributed by atoms with Crippen LogP contribution in [0.1, 0.15) is 48.3 Å². The summed E-state index contributed by atoms with van der Waals surface area (Å²) in [7, 11) is 1.72. The zero-order valence-electron chi connectivity index (χ0n) is 19.5. The minimum atomic E-state index is -0.0837. The van der Waals surface area contributed by atoms with Crippen LogP contribution in [0.15, 0.2) is 47.5 Å². The number of ether oxygens (including phenoxy) is 2. The molecule has 0 radical (unpaired) electrons. The third kappa shape index (κ3) is 8.57. The first-order valence-corrected chi connectivity index (χ1v) is 10.7. The molecule has 0 fully saturated rings. The van der Waals surface area contributed by atoms with Gasteiger partial charge in [0, 0.05) is 25.7 Å². The van der Waals surface area contributed by atoms with E-state index in [1.165, 1.54) is 0 Å². The molecule has 0 aliphatic rings.